The third kappa shape index (κ3) is 2.38. The molecule has 0 aliphatic heterocycles. The number of nitrogens with zero attached hydrogens (tertiary/aromatic N) is 1. The van der Waals surface area contributed by atoms with Crippen molar-refractivity contribution < 1.29 is 4.79 Å². The van der Waals surface area contributed by atoms with Crippen molar-refractivity contribution in [2.24, 2.45) is 17.1 Å². The van der Waals surface area contributed by atoms with Crippen LogP contribution in [0.1, 0.15) is 30.9 Å². The first-order valence-electron chi connectivity index (χ1n) is 6.45. The third-order valence-electron chi connectivity index (χ3n) is 3.94. The van der Waals surface area contributed by atoms with E-state index in [4.69, 9.17) is 5.73 Å². The van der Waals surface area contributed by atoms with Gasteiger partial charge in [-0.15, -0.1) is 0 Å². The van der Waals surface area contributed by atoms with Crippen LogP contribution in [-0.2, 0) is 11.3 Å². The normalized spacial score (nSPS) is 26.5. The van der Waals surface area contributed by atoms with Crippen molar-refractivity contribution in [1.82, 2.24) is 10.3 Å². The molecule has 4 heteroatoms. The molecule has 1 aliphatic rings. The maximum absolute atomic E-state index is 12.2. The summed E-state index contributed by atoms with van der Waals surface area (Å²) in [6.45, 7) is 5.16. The number of carbonyl (C=O) groups excluding carboxylic acids is 1. The second-order valence-electron chi connectivity index (χ2n) is 5.48. The monoisotopic (exact) mass is 247 g/mol. The summed E-state index contributed by atoms with van der Waals surface area (Å²) in [5.41, 5.74) is 7.64. The van der Waals surface area contributed by atoms with Gasteiger partial charge < -0.3 is 11.1 Å². The molecule has 0 unspecified atom stereocenters. The fraction of sp³-hybridized carbons (Fsp3) is 0.571. The molecule has 18 heavy (non-hydrogen) atoms. The first-order chi connectivity index (χ1) is 8.57. The number of hydrogen-bond acceptors (Lipinski definition) is 3. The molecule has 1 heterocycles. The van der Waals surface area contributed by atoms with Gasteiger partial charge in [-0.1, -0.05) is 6.92 Å². The van der Waals surface area contributed by atoms with E-state index in [1.807, 2.05) is 13.0 Å². The lowest BCUT2D eigenvalue weighted by molar-refractivity contribution is -0.138. The molecule has 1 aromatic heterocycles. The third-order valence-corrected chi connectivity index (χ3v) is 3.94. The van der Waals surface area contributed by atoms with E-state index in [9.17, 15) is 4.79 Å². The zero-order valence-corrected chi connectivity index (χ0v) is 11.1. The summed E-state index contributed by atoms with van der Waals surface area (Å²) in [7, 11) is 0. The summed E-state index contributed by atoms with van der Waals surface area (Å²) in [4.78, 5) is 16.3. The standard InChI is InChI=1S/C14H21N3O/c1-10-5-14(6-10,9-15)13(18)17-8-12-7-16-4-3-11(12)2/h3-4,7,10H,5-6,8-9,15H2,1-2H3,(H,17,18). The van der Waals surface area contributed by atoms with E-state index in [0.29, 0.717) is 19.0 Å². The second kappa shape index (κ2) is 5.06. The van der Waals surface area contributed by atoms with Crippen molar-refractivity contribution >= 4 is 5.91 Å². The maximum Gasteiger partial charge on any atom is 0.227 e. The van der Waals surface area contributed by atoms with Crippen LogP contribution >= 0.6 is 0 Å². The largest absolute Gasteiger partial charge is 0.351 e. The Morgan fingerprint density at radius 2 is 2.33 bits per heavy atom. The Bertz CT molecular complexity index is 438. The van der Waals surface area contributed by atoms with Gasteiger partial charge in [-0.3, -0.25) is 9.78 Å². The number of nitrogens with one attached hydrogen (secondary N) is 1. The molecule has 0 saturated heterocycles. The highest BCUT2D eigenvalue weighted by Gasteiger charge is 2.46. The van der Waals surface area contributed by atoms with Crippen LogP contribution in [0.5, 0.6) is 0 Å². The van der Waals surface area contributed by atoms with Crippen molar-refractivity contribution in [1.29, 1.82) is 0 Å². The number of nitrogens with two attached hydrogens (primary N) is 1. The highest BCUT2D eigenvalue weighted by atomic mass is 16.2. The smallest absolute Gasteiger partial charge is 0.227 e. The van der Waals surface area contributed by atoms with Gasteiger partial charge in [0.15, 0.2) is 0 Å². The SMILES string of the molecule is Cc1ccncc1CNC(=O)C1(CN)CC(C)C1. The summed E-state index contributed by atoms with van der Waals surface area (Å²) in [6.07, 6.45) is 5.37. The predicted octanol–water partition coefficient (Wildman–Crippen LogP) is 1.38. The fourth-order valence-corrected chi connectivity index (χ4v) is 2.76. The van der Waals surface area contributed by atoms with E-state index in [2.05, 4.69) is 17.2 Å². The second-order valence-corrected chi connectivity index (χ2v) is 5.48. The van der Waals surface area contributed by atoms with E-state index in [1.54, 1.807) is 12.4 Å². The van der Waals surface area contributed by atoms with Gasteiger partial charge in [-0.05, 0) is 42.9 Å². The maximum atomic E-state index is 12.2. The quantitative estimate of drug-likeness (QED) is 0.844. The molecule has 0 atom stereocenters. The molecule has 1 amide bonds. The molecule has 98 valence electrons. The van der Waals surface area contributed by atoms with Crippen LogP contribution in [0.15, 0.2) is 18.5 Å². The lowest BCUT2D eigenvalue weighted by Crippen LogP contribution is -2.53. The van der Waals surface area contributed by atoms with Gasteiger partial charge in [-0.2, -0.15) is 0 Å². The minimum Gasteiger partial charge on any atom is -0.351 e. The molecule has 0 bridgehead atoms. The van der Waals surface area contributed by atoms with E-state index in [1.165, 1.54) is 0 Å². The van der Waals surface area contributed by atoms with Crippen LogP contribution in [-0.4, -0.2) is 17.4 Å². The van der Waals surface area contributed by atoms with Gasteiger partial charge in [0.05, 0.1) is 5.41 Å². The molecule has 1 aliphatic carbocycles. The van der Waals surface area contributed by atoms with E-state index in [-0.39, 0.29) is 11.3 Å². The zero-order valence-electron chi connectivity index (χ0n) is 11.1. The Labute approximate surface area is 108 Å². The number of pyridine rings is 1. The average molecular weight is 247 g/mol. The van der Waals surface area contributed by atoms with Crippen LogP contribution < -0.4 is 11.1 Å². The van der Waals surface area contributed by atoms with Gasteiger partial charge in [-0.25, -0.2) is 0 Å². The highest BCUT2D eigenvalue weighted by molar-refractivity contribution is 5.83. The molecule has 0 radical (unpaired) electrons. The molecule has 0 spiro atoms. The van der Waals surface area contributed by atoms with Crippen LogP contribution in [0.3, 0.4) is 0 Å². The van der Waals surface area contributed by atoms with Gasteiger partial charge in [0.25, 0.3) is 0 Å². The van der Waals surface area contributed by atoms with Crippen molar-refractivity contribution in [3.8, 4) is 0 Å². The molecular weight excluding hydrogens is 226 g/mol. The Balaban J connectivity index is 1.95. The van der Waals surface area contributed by atoms with Crippen LogP contribution in [0, 0.1) is 18.3 Å². The van der Waals surface area contributed by atoms with Crippen LogP contribution in [0.25, 0.3) is 0 Å². The Morgan fingerprint density at radius 1 is 1.61 bits per heavy atom. The fourth-order valence-electron chi connectivity index (χ4n) is 2.76. The van der Waals surface area contributed by atoms with E-state index >= 15 is 0 Å². The zero-order chi connectivity index (χ0) is 13.2. The van der Waals surface area contributed by atoms with Crippen molar-refractivity contribution in [2.75, 3.05) is 6.54 Å². The van der Waals surface area contributed by atoms with Gasteiger partial charge in [0.1, 0.15) is 0 Å². The molecule has 1 fully saturated rings. The van der Waals surface area contributed by atoms with Crippen LogP contribution in [0.4, 0.5) is 0 Å². The minimum atomic E-state index is -0.324. The van der Waals surface area contributed by atoms with Gasteiger partial charge >= 0.3 is 0 Å². The van der Waals surface area contributed by atoms with Crippen molar-refractivity contribution in [3.63, 3.8) is 0 Å². The molecule has 2 rings (SSSR count). The number of aryl methyl sites for hydroxylation is 1. The van der Waals surface area contributed by atoms with E-state index in [0.717, 1.165) is 24.0 Å². The Morgan fingerprint density at radius 3 is 2.89 bits per heavy atom. The Hall–Kier alpha value is -1.42. The number of amides is 1. The number of carbonyl (C=O) groups is 1. The Kier molecular flexibility index (Phi) is 3.66. The summed E-state index contributed by atoms with van der Waals surface area (Å²) < 4.78 is 0. The van der Waals surface area contributed by atoms with Crippen LogP contribution in [0.2, 0.25) is 0 Å². The van der Waals surface area contributed by atoms with Gasteiger partial charge in [0.2, 0.25) is 5.91 Å². The molecular formula is C14H21N3O. The summed E-state index contributed by atoms with van der Waals surface area (Å²) in [5, 5.41) is 3.00. The molecule has 3 N–H and O–H groups in total. The average Bonchev–Trinajstić information content (AvgIpc) is 2.33. The van der Waals surface area contributed by atoms with Crippen molar-refractivity contribution in [3.05, 3.63) is 29.6 Å². The minimum absolute atomic E-state index is 0.0892. The predicted molar refractivity (Wildman–Crippen MR) is 70.7 cm³/mol. The summed E-state index contributed by atoms with van der Waals surface area (Å²) in [5.74, 6) is 0.700. The molecule has 4 nitrogen and oxygen atoms in total. The lowest BCUT2D eigenvalue weighted by Gasteiger charge is -2.44. The number of aromatic nitrogens is 1. The first-order valence-corrected chi connectivity index (χ1v) is 6.45. The topological polar surface area (TPSA) is 68.0 Å². The lowest BCUT2D eigenvalue weighted by atomic mass is 9.62. The van der Waals surface area contributed by atoms with E-state index < -0.39 is 0 Å². The number of hydrogen-bond donors (Lipinski definition) is 2. The molecule has 1 aromatic rings. The first kappa shape index (κ1) is 13.0. The highest BCUT2D eigenvalue weighted by Crippen LogP contribution is 2.44. The van der Waals surface area contributed by atoms with Crippen molar-refractivity contribution in [2.45, 2.75) is 33.2 Å². The molecule has 0 aromatic carbocycles. The van der Waals surface area contributed by atoms with Gasteiger partial charge in [0, 0.05) is 25.5 Å². The summed E-state index contributed by atoms with van der Waals surface area (Å²) in [6, 6.07) is 1.95. The summed E-state index contributed by atoms with van der Waals surface area (Å²) >= 11 is 0. The number of rotatable bonds is 4. The molecule has 1 saturated carbocycles.